The Labute approximate surface area is 188 Å². The molecule has 1 saturated heterocycles. The van der Waals surface area contributed by atoms with E-state index in [1.807, 2.05) is 12.1 Å². The molecule has 2 aromatic carbocycles. The first kappa shape index (κ1) is 23.4. The van der Waals surface area contributed by atoms with Crippen LogP contribution in [0, 0.1) is 11.5 Å². The standard InChI is InChI=1S/C22H21ClF3N5O/c1-30(13-15-4-8-17(23)9-5-15)20(32)19-3-2-12-31(19)21(28-14-27)29-18-10-6-16(7-11-18)22(24,25)26/h4-11,19H,2-3,12-13H2,1H3,(H,28,29)/t19-/m1/s1. The van der Waals surface area contributed by atoms with Crippen LogP contribution in [0.2, 0.25) is 5.02 Å². The van der Waals surface area contributed by atoms with Crippen LogP contribution >= 0.6 is 11.6 Å². The van der Waals surface area contributed by atoms with Crippen LogP contribution in [-0.4, -0.2) is 41.3 Å². The summed E-state index contributed by atoms with van der Waals surface area (Å²) in [5.41, 5.74) is 0.475. The van der Waals surface area contributed by atoms with Gasteiger partial charge >= 0.3 is 6.18 Å². The molecule has 168 valence electrons. The Morgan fingerprint density at radius 3 is 2.50 bits per heavy atom. The van der Waals surface area contributed by atoms with Gasteiger partial charge in [-0.2, -0.15) is 18.4 Å². The molecule has 1 amide bonds. The predicted molar refractivity (Wildman–Crippen MR) is 116 cm³/mol. The number of anilines is 1. The number of guanidine groups is 1. The molecule has 10 heteroatoms. The number of alkyl halides is 3. The van der Waals surface area contributed by atoms with E-state index < -0.39 is 17.8 Å². The second kappa shape index (κ2) is 9.92. The lowest BCUT2D eigenvalue weighted by molar-refractivity contribution is -0.137. The Morgan fingerprint density at radius 2 is 1.91 bits per heavy atom. The van der Waals surface area contributed by atoms with Gasteiger partial charge in [0, 0.05) is 30.8 Å². The van der Waals surface area contributed by atoms with Gasteiger partial charge in [0.25, 0.3) is 0 Å². The van der Waals surface area contributed by atoms with Crippen molar-refractivity contribution in [2.24, 2.45) is 4.99 Å². The van der Waals surface area contributed by atoms with Gasteiger partial charge in [0.05, 0.1) is 5.56 Å². The molecule has 1 aliphatic rings. The number of amides is 1. The van der Waals surface area contributed by atoms with Crippen LogP contribution in [0.5, 0.6) is 0 Å². The smallest absolute Gasteiger partial charge is 0.340 e. The van der Waals surface area contributed by atoms with E-state index in [-0.39, 0.29) is 11.9 Å². The zero-order valence-electron chi connectivity index (χ0n) is 17.2. The van der Waals surface area contributed by atoms with E-state index >= 15 is 0 Å². The summed E-state index contributed by atoms with van der Waals surface area (Å²) < 4.78 is 38.4. The molecule has 1 N–H and O–H groups in total. The average Bonchev–Trinajstić information content (AvgIpc) is 3.24. The number of rotatable bonds is 4. The van der Waals surface area contributed by atoms with E-state index in [4.69, 9.17) is 16.9 Å². The molecule has 0 radical (unpaired) electrons. The molecule has 0 aromatic heterocycles. The summed E-state index contributed by atoms with van der Waals surface area (Å²) in [5, 5.41) is 12.6. The highest BCUT2D eigenvalue weighted by Gasteiger charge is 2.35. The van der Waals surface area contributed by atoms with Crippen molar-refractivity contribution in [3.8, 4) is 6.19 Å². The lowest BCUT2D eigenvalue weighted by atomic mass is 10.1. The van der Waals surface area contributed by atoms with Crippen molar-refractivity contribution >= 4 is 29.2 Å². The maximum absolute atomic E-state index is 13.1. The summed E-state index contributed by atoms with van der Waals surface area (Å²) in [6, 6.07) is 11.1. The van der Waals surface area contributed by atoms with Gasteiger partial charge < -0.3 is 15.1 Å². The largest absolute Gasteiger partial charge is 0.416 e. The number of benzene rings is 2. The molecule has 2 aromatic rings. The van der Waals surface area contributed by atoms with Gasteiger partial charge in [-0.25, -0.2) is 0 Å². The Balaban J connectivity index is 1.73. The van der Waals surface area contributed by atoms with Crippen LogP contribution in [0.15, 0.2) is 53.5 Å². The van der Waals surface area contributed by atoms with Crippen LogP contribution in [0.4, 0.5) is 18.9 Å². The Morgan fingerprint density at radius 1 is 1.25 bits per heavy atom. The lowest BCUT2D eigenvalue weighted by Gasteiger charge is -2.30. The third kappa shape index (κ3) is 5.71. The number of aliphatic imine (C=N–C) groups is 1. The third-order valence-electron chi connectivity index (χ3n) is 5.14. The zero-order chi connectivity index (χ0) is 23.3. The first-order chi connectivity index (χ1) is 15.2. The van der Waals surface area contributed by atoms with Gasteiger partial charge in [-0.15, -0.1) is 4.99 Å². The van der Waals surface area contributed by atoms with Gasteiger partial charge in [-0.05, 0) is 54.8 Å². The monoisotopic (exact) mass is 463 g/mol. The number of nitrogens with one attached hydrogen (secondary N) is 1. The highest BCUT2D eigenvalue weighted by atomic mass is 35.5. The van der Waals surface area contributed by atoms with Crippen molar-refractivity contribution in [1.29, 1.82) is 5.26 Å². The van der Waals surface area contributed by atoms with Crippen LogP contribution in [0.25, 0.3) is 0 Å². The molecular weight excluding hydrogens is 443 g/mol. The first-order valence-corrected chi connectivity index (χ1v) is 10.2. The highest BCUT2D eigenvalue weighted by Crippen LogP contribution is 2.30. The summed E-state index contributed by atoms with van der Waals surface area (Å²) in [4.78, 5) is 20.2. The summed E-state index contributed by atoms with van der Waals surface area (Å²) >= 11 is 5.91. The van der Waals surface area contributed by atoms with Crippen LogP contribution < -0.4 is 5.32 Å². The first-order valence-electron chi connectivity index (χ1n) is 9.86. The van der Waals surface area contributed by atoms with Gasteiger partial charge in [-0.3, -0.25) is 4.79 Å². The summed E-state index contributed by atoms with van der Waals surface area (Å²) in [6.45, 7) is 0.872. The average molecular weight is 464 g/mol. The van der Waals surface area contributed by atoms with E-state index in [0.717, 1.165) is 17.7 Å². The van der Waals surface area contributed by atoms with Crippen molar-refractivity contribution in [1.82, 2.24) is 9.80 Å². The van der Waals surface area contributed by atoms with Gasteiger partial charge in [0.1, 0.15) is 6.04 Å². The van der Waals surface area contributed by atoms with Gasteiger partial charge in [0.15, 0.2) is 0 Å². The SMILES string of the molecule is CN(Cc1ccc(Cl)cc1)C(=O)[C@H]1CCCN1/C(=N/C#N)Nc1ccc(C(F)(F)F)cc1. The van der Waals surface area contributed by atoms with Crippen LogP contribution in [0.3, 0.4) is 0 Å². The Kier molecular flexibility index (Phi) is 7.26. The maximum Gasteiger partial charge on any atom is 0.416 e. The van der Waals surface area contributed by atoms with Crippen molar-refractivity contribution in [2.75, 3.05) is 18.9 Å². The van der Waals surface area contributed by atoms with Crippen molar-refractivity contribution in [2.45, 2.75) is 31.6 Å². The number of hydrogen-bond acceptors (Lipinski definition) is 3. The number of carbonyl (C=O) groups excluding carboxylic acids is 1. The van der Waals surface area contributed by atoms with E-state index in [1.54, 1.807) is 35.2 Å². The Bertz CT molecular complexity index is 1020. The number of nitrogens with zero attached hydrogens (tertiary/aromatic N) is 4. The predicted octanol–water partition coefficient (Wildman–Crippen LogP) is 4.73. The highest BCUT2D eigenvalue weighted by molar-refractivity contribution is 6.30. The number of likely N-dealkylation sites (N-methyl/N-ethyl adjacent to an activating group) is 1. The maximum atomic E-state index is 13.1. The van der Waals surface area contributed by atoms with Crippen molar-refractivity contribution in [3.63, 3.8) is 0 Å². The van der Waals surface area contributed by atoms with E-state index in [2.05, 4.69) is 10.3 Å². The normalized spacial score (nSPS) is 16.6. The number of carbonyl (C=O) groups is 1. The van der Waals surface area contributed by atoms with Crippen molar-refractivity contribution in [3.05, 3.63) is 64.7 Å². The number of likely N-dealkylation sites (tertiary alicyclic amines) is 1. The summed E-state index contributed by atoms with van der Waals surface area (Å²) in [5.74, 6) is -0.0136. The summed E-state index contributed by atoms with van der Waals surface area (Å²) in [6.07, 6.45) is -1.46. The van der Waals surface area contributed by atoms with E-state index in [1.165, 1.54) is 12.1 Å². The fourth-order valence-electron chi connectivity index (χ4n) is 3.56. The molecular formula is C22H21ClF3N5O. The molecule has 0 spiro atoms. The fraction of sp³-hybridized carbons (Fsp3) is 0.318. The summed E-state index contributed by atoms with van der Waals surface area (Å²) in [7, 11) is 1.69. The number of halogens is 4. The second-order valence-corrected chi connectivity index (χ2v) is 7.84. The molecule has 0 saturated carbocycles. The molecule has 32 heavy (non-hydrogen) atoms. The zero-order valence-corrected chi connectivity index (χ0v) is 18.0. The number of hydrogen-bond donors (Lipinski definition) is 1. The minimum Gasteiger partial charge on any atom is -0.340 e. The molecule has 6 nitrogen and oxygen atoms in total. The quantitative estimate of drug-likeness (QED) is 0.404. The van der Waals surface area contributed by atoms with Crippen LogP contribution in [-0.2, 0) is 17.5 Å². The lowest BCUT2D eigenvalue weighted by Crippen LogP contribution is -2.48. The number of nitriles is 1. The van der Waals surface area contributed by atoms with E-state index in [0.29, 0.717) is 36.6 Å². The Hall–Kier alpha value is -3.25. The molecule has 1 fully saturated rings. The van der Waals surface area contributed by atoms with Gasteiger partial charge in [0.2, 0.25) is 18.1 Å². The van der Waals surface area contributed by atoms with Gasteiger partial charge in [-0.1, -0.05) is 23.7 Å². The second-order valence-electron chi connectivity index (χ2n) is 7.41. The minimum absolute atomic E-state index is 0.128. The topological polar surface area (TPSA) is 71.7 Å². The van der Waals surface area contributed by atoms with E-state index in [9.17, 15) is 18.0 Å². The third-order valence-corrected chi connectivity index (χ3v) is 5.40. The molecule has 0 unspecified atom stereocenters. The fourth-order valence-corrected chi connectivity index (χ4v) is 3.68. The minimum atomic E-state index is -4.44. The van der Waals surface area contributed by atoms with Crippen LogP contribution in [0.1, 0.15) is 24.0 Å². The van der Waals surface area contributed by atoms with Crippen molar-refractivity contribution < 1.29 is 18.0 Å². The molecule has 3 rings (SSSR count). The molecule has 1 heterocycles. The molecule has 1 aliphatic heterocycles. The molecule has 0 bridgehead atoms. The molecule has 1 atom stereocenters. The molecule has 0 aliphatic carbocycles.